The van der Waals surface area contributed by atoms with E-state index < -0.39 is 0 Å². The molecule has 0 fully saturated rings. The number of hydrogen-bond donors (Lipinski definition) is 2. The zero-order chi connectivity index (χ0) is 17.5. The van der Waals surface area contributed by atoms with Crippen molar-refractivity contribution >= 4 is 17.3 Å². The van der Waals surface area contributed by atoms with Crippen LogP contribution in [-0.4, -0.2) is 43.0 Å². The van der Waals surface area contributed by atoms with Gasteiger partial charge >= 0.3 is 0 Å². The summed E-state index contributed by atoms with van der Waals surface area (Å²) in [7, 11) is 4.04. The summed E-state index contributed by atoms with van der Waals surface area (Å²) in [6.07, 6.45) is 4.23. The van der Waals surface area contributed by atoms with Crippen LogP contribution in [0.1, 0.15) is 27.9 Å². The molecule has 1 aromatic heterocycles. The molecule has 0 spiro atoms. The summed E-state index contributed by atoms with van der Waals surface area (Å²) < 4.78 is 0. The van der Waals surface area contributed by atoms with Crippen molar-refractivity contribution in [2.75, 3.05) is 32.5 Å². The average Bonchev–Trinajstić information content (AvgIpc) is 2.55. The smallest absolute Gasteiger partial charge is 0.252 e. The first-order valence-electron chi connectivity index (χ1n) is 8.18. The molecule has 1 aromatic carbocycles. The molecule has 0 atom stereocenters. The number of nitrogens with zero attached hydrogens (tertiary/aromatic N) is 2. The van der Waals surface area contributed by atoms with E-state index in [0.29, 0.717) is 12.1 Å². The Bertz CT molecular complexity index is 698. The van der Waals surface area contributed by atoms with Crippen LogP contribution in [0.4, 0.5) is 11.4 Å². The minimum atomic E-state index is -0.0926. The van der Waals surface area contributed by atoms with Crippen molar-refractivity contribution in [2.45, 2.75) is 20.3 Å². The first kappa shape index (κ1) is 17.9. The molecular weight excluding hydrogens is 300 g/mol. The summed E-state index contributed by atoms with van der Waals surface area (Å²) in [5.41, 5.74) is 4.84. The van der Waals surface area contributed by atoms with Gasteiger partial charge in [-0.3, -0.25) is 9.78 Å². The summed E-state index contributed by atoms with van der Waals surface area (Å²) in [4.78, 5) is 18.5. The van der Waals surface area contributed by atoms with E-state index in [0.717, 1.165) is 24.3 Å². The molecule has 1 amide bonds. The summed E-state index contributed by atoms with van der Waals surface area (Å²) in [5.74, 6) is -0.0926. The molecule has 0 bridgehead atoms. The van der Waals surface area contributed by atoms with Crippen LogP contribution < -0.4 is 10.6 Å². The van der Waals surface area contributed by atoms with Gasteiger partial charge in [-0.2, -0.15) is 0 Å². The molecule has 5 heteroatoms. The lowest BCUT2D eigenvalue weighted by molar-refractivity contribution is 0.0952. The third-order valence-electron chi connectivity index (χ3n) is 3.86. The van der Waals surface area contributed by atoms with Crippen LogP contribution in [0.2, 0.25) is 0 Å². The molecule has 2 aromatic rings. The third-order valence-corrected chi connectivity index (χ3v) is 3.86. The largest absolute Gasteiger partial charge is 0.354 e. The number of pyridine rings is 1. The second kappa shape index (κ2) is 8.45. The first-order chi connectivity index (χ1) is 11.5. The number of hydrogen-bond acceptors (Lipinski definition) is 4. The predicted octanol–water partition coefficient (Wildman–Crippen LogP) is 3.12. The van der Waals surface area contributed by atoms with E-state index in [1.54, 1.807) is 12.4 Å². The topological polar surface area (TPSA) is 57.3 Å². The highest BCUT2D eigenvalue weighted by molar-refractivity contribution is 5.94. The highest BCUT2D eigenvalue weighted by atomic mass is 16.1. The van der Waals surface area contributed by atoms with E-state index in [4.69, 9.17) is 0 Å². The Morgan fingerprint density at radius 2 is 1.88 bits per heavy atom. The number of aromatic nitrogens is 1. The van der Waals surface area contributed by atoms with Crippen molar-refractivity contribution in [3.05, 3.63) is 53.3 Å². The molecule has 2 N–H and O–H groups in total. The zero-order valence-corrected chi connectivity index (χ0v) is 14.9. The lowest BCUT2D eigenvalue weighted by atomic mass is 10.1. The second-order valence-corrected chi connectivity index (χ2v) is 6.30. The van der Waals surface area contributed by atoms with Gasteiger partial charge in [-0.15, -0.1) is 0 Å². The number of benzene rings is 1. The molecule has 5 nitrogen and oxygen atoms in total. The summed E-state index contributed by atoms with van der Waals surface area (Å²) in [6.45, 7) is 5.77. The number of amides is 1. The average molecular weight is 326 g/mol. The van der Waals surface area contributed by atoms with Crippen LogP contribution in [0.25, 0.3) is 0 Å². The number of carbonyl (C=O) groups is 1. The minimum Gasteiger partial charge on any atom is -0.354 e. The lowest BCUT2D eigenvalue weighted by Crippen LogP contribution is -2.27. The third kappa shape index (κ3) is 5.35. The number of rotatable bonds is 7. The fourth-order valence-electron chi connectivity index (χ4n) is 2.32. The van der Waals surface area contributed by atoms with Gasteiger partial charge in [0.05, 0.1) is 17.4 Å². The minimum absolute atomic E-state index is 0.0926. The lowest BCUT2D eigenvalue weighted by Gasteiger charge is -2.11. The monoisotopic (exact) mass is 326 g/mol. The molecule has 0 saturated carbocycles. The Morgan fingerprint density at radius 1 is 1.08 bits per heavy atom. The summed E-state index contributed by atoms with van der Waals surface area (Å²) in [6, 6.07) is 8.01. The normalized spacial score (nSPS) is 10.7. The molecule has 24 heavy (non-hydrogen) atoms. The Balaban J connectivity index is 1.97. The van der Waals surface area contributed by atoms with Crippen molar-refractivity contribution < 1.29 is 4.79 Å². The van der Waals surface area contributed by atoms with Crippen molar-refractivity contribution in [2.24, 2.45) is 0 Å². The molecular formula is C19H26N4O. The number of nitrogens with one attached hydrogen (secondary N) is 2. The van der Waals surface area contributed by atoms with E-state index in [-0.39, 0.29) is 5.91 Å². The van der Waals surface area contributed by atoms with Crippen LogP contribution >= 0.6 is 0 Å². The molecule has 0 aliphatic rings. The quantitative estimate of drug-likeness (QED) is 0.768. The van der Waals surface area contributed by atoms with Gasteiger partial charge in [0.15, 0.2) is 0 Å². The molecule has 0 saturated heterocycles. The van der Waals surface area contributed by atoms with Gasteiger partial charge in [0, 0.05) is 18.4 Å². The maximum Gasteiger partial charge on any atom is 0.252 e. The first-order valence-corrected chi connectivity index (χ1v) is 8.18. The van der Waals surface area contributed by atoms with Gasteiger partial charge in [-0.1, -0.05) is 6.07 Å². The maximum atomic E-state index is 12.2. The van der Waals surface area contributed by atoms with Gasteiger partial charge in [0.1, 0.15) is 0 Å². The number of aryl methyl sites for hydroxylation is 2. The van der Waals surface area contributed by atoms with Gasteiger partial charge in [0.25, 0.3) is 5.91 Å². The number of carbonyl (C=O) groups excluding carboxylic acids is 1. The van der Waals surface area contributed by atoms with Gasteiger partial charge in [-0.25, -0.2) is 0 Å². The van der Waals surface area contributed by atoms with Crippen molar-refractivity contribution in [3.63, 3.8) is 0 Å². The van der Waals surface area contributed by atoms with Crippen molar-refractivity contribution in [1.82, 2.24) is 15.2 Å². The zero-order valence-electron chi connectivity index (χ0n) is 14.9. The Morgan fingerprint density at radius 3 is 2.58 bits per heavy atom. The predicted molar refractivity (Wildman–Crippen MR) is 98.9 cm³/mol. The van der Waals surface area contributed by atoms with Crippen molar-refractivity contribution in [3.8, 4) is 0 Å². The Labute approximate surface area is 144 Å². The van der Waals surface area contributed by atoms with Gasteiger partial charge in [-0.05, 0) is 70.2 Å². The van der Waals surface area contributed by atoms with E-state index in [1.807, 2.05) is 26.2 Å². The number of anilines is 2. The second-order valence-electron chi connectivity index (χ2n) is 6.30. The Hall–Kier alpha value is -2.40. The fraction of sp³-hybridized carbons (Fsp3) is 0.368. The molecule has 128 valence electrons. The van der Waals surface area contributed by atoms with Crippen LogP contribution in [0.15, 0.2) is 36.7 Å². The highest BCUT2D eigenvalue weighted by Crippen LogP contribution is 2.19. The molecule has 2 rings (SSSR count). The van der Waals surface area contributed by atoms with E-state index in [1.165, 1.54) is 11.1 Å². The van der Waals surface area contributed by atoms with Gasteiger partial charge < -0.3 is 15.5 Å². The van der Waals surface area contributed by atoms with E-state index in [9.17, 15) is 4.79 Å². The van der Waals surface area contributed by atoms with Crippen LogP contribution in [0, 0.1) is 13.8 Å². The van der Waals surface area contributed by atoms with E-state index >= 15 is 0 Å². The standard InChI is InChI=1S/C19H26N4O/c1-14-6-7-17(10-15(14)2)22-18-11-16(12-20-13-18)19(24)21-8-5-9-23(3)4/h6-7,10-13,22H,5,8-9H2,1-4H3,(H,21,24). The molecule has 0 radical (unpaired) electrons. The summed E-state index contributed by atoms with van der Waals surface area (Å²) >= 11 is 0. The van der Waals surface area contributed by atoms with Crippen molar-refractivity contribution in [1.29, 1.82) is 0 Å². The van der Waals surface area contributed by atoms with Crippen LogP contribution in [-0.2, 0) is 0 Å². The molecule has 0 aliphatic heterocycles. The molecule has 0 unspecified atom stereocenters. The summed E-state index contributed by atoms with van der Waals surface area (Å²) in [5, 5.41) is 6.23. The van der Waals surface area contributed by atoms with Crippen LogP contribution in [0.3, 0.4) is 0 Å². The Kier molecular flexibility index (Phi) is 6.32. The maximum absolute atomic E-state index is 12.2. The molecule has 1 heterocycles. The van der Waals surface area contributed by atoms with Crippen LogP contribution in [0.5, 0.6) is 0 Å². The fourth-order valence-corrected chi connectivity index (χ4v) is 2.32. The van der Waals surface area contributed by atoms with E-state index in [2.05, 4.69) is 46.5 Å². The molecule has 0 aliphatic carbocycles. The highest BCUT2D eigenvalue weighted by Gasteiger charge is 2.07. The van der Waals surface area contributed by atoms with Gasteiger partial charge in [0.2, 0.25) is 0 Å². The SMILES string of the molecule is Cc1ccc(Nc2cncc(C(=O)NCCCN(C)C)c2)cc1C.